The first-order valence-corrected chi connectivity index (χ1v) is 6.86. The molecule has 0 aliphatic rings. The summed E-state index contributed by atoms with van der Waals surface area (Å²) >= 11 is 2.33. The maximum Gasteiger partial charge on any atom is 0.0234 e. The van der Waals surface area contributed by atoms with E-state index in [9.17, 15) is 0 Å². The third-order valence-corrected chi connectivity index (χ3v) is 3.11. The van der Waals surface area contributed by atoms with E-state index in [0.717, 1.165) is 26.2 Å². The van der Waals surface area contributed by atoms with Gasteiger partial charge in [-0.25, -0.2) is 0 Å². The molecular weight excluding hydrogens is 311 g/mol. The van der Waals surface area contributed by atoms with Crippen LogP contribution in [0.15, 0.2) is 24.3 Å². The second-order valence-corrected chi connectivity index (χ2v) is 5.79. The number of benzene rings is 1. The first-order chi connectivity index (χ1) is 7.61. The molecule has 0 saturated carbocycles. The van der Waals surface area contributed by atoms with E-state index in [1.54, 1.807) is 0 Å². The molecule has 1 rings (SSSR count). The molecule has 0 spiro atoms. The van der Waals surface area contributed by atoms with Crippen molar-refractivity contribution in [2.24, 2.45) is 11.7 Å². The van der Waals surface area contributed by atoms with Crippen molar-refractivity contribution < 1.29 is 0 Å². The topological polar surface area (TPSA) is 29.3 Å². The molecule has 2 nitrogen and oxygen atoms in total. The zero-order valence-electron chi connectivity index (χ0n) is 10.1. The Morgan fingerprint density at radius 2 is 1.88 bits per heavy atom. The van der Waals surface area contributed by atoms with E-state index >= 15 is 0 Å². The highest BCUT2D eigenvalue weighted by Gasteiger charge is 2.07. The second kappa shape index (κ2) is 7.25. The first kappa shape index (κ1) is 13.9. The first-order valence-electron chi connectivity index (χ1n) is 5.78. The third kappa shape index (κ3) is 5.27. The van der Waals surface area contributed by atoms with Crippen LogP contribution in [0, 0.1) is 9.49 Å². The normalized spacial score (nSPS) is 11.4. The van der Waals surface area contributed by atoms with Crippen LogP contribution >= 0.6 is 22.6 Å². The van der Waals surface area contributed by atoms with Crippen molar-refractivity contribution in [2.75, 3.05) is 19.6 Å². The number of nitrogens with zero attached hydrogens (tertiary/aromatic N) is 1. The molecule has 0 atom stereocenters. The molecule has 2 N–H and O–H groups in total. The summed E-state index contributed by atoms with van der Waals surface area (Å²) in [5.41, 5.74) is 7.01. The van der Waals surface area contributed by atoms with Gasteiger partial charge < -0.3 is 5.73 Å². The molecule has 0 unspecified atom stereocenters. The summed E-state index contributed by atoms with van der Waals surface area (Å²) < 4.78 is 1.29. The molecule has 0 amide bonds. The Morgan fingerprint density at radius 1 is 1.25 bits per heavy atom. The highest BCUT2D eigenvalue weighted by atomic mass is 127. The van der Waals surface area contributed by atoms with Crippen molar-refractivity contribution in [1.29, 1.82) is 0 Å². The van der Waals surface area contributed by atoms with Crippen molar-refractivity contribution >= 4 is 22.6 Å². The summed E-state index contributed by atoms with van der Waals surface area (Å²) in [5.74, 6) is 0.690. The average Bonchev–Trinajstić information content (AvgIpc) is 2.21. The monoisotopic (exact) mass is 332 g/mol. The van der Waals surface area contributed by atoms with Gasteiger partial charge in [0, 0.05) is 29.7 Å². The molecule has 90 valence electrons. The Morgan fingerprint density at radius 3 is 2.38 bits per heavy atom. The average molecular weight is 332 g/mol. The predicted octanol–water partition coefficient (Wildman–Crippen LogP) is 2.71. The number of halogens is 1. The third-order valence-electron chi connectivity index (χ3n) is 2.39. The van der Waals surface area contributed by atoms with E-state index in [1.165, 1.54) is 9.13 Å². The van der Waals surface area contributed by atoms with Crippen LogP contribution in [0.5, 0.6) is 0 Å². The van der Waals surface area contributed by atoms with Crippen LogP contribution in [0.3, 0.4) is 0 Å². The summed E-state index contributed by atoms with van der Waals surface area (Å²) in [6, 6.07) is 8.72. The highest BCUT2D eigenvalue weighted by molar-refractivity contribution is 14.1. The van der Waals surface area contributed by atoms with Crippen molar-refractivity contribution in [3.05, 3.63) is 33.4 Å². The van der Waals surface area contributed by atoms with E-state index < -0.39 is 0 Å². The molecule has 0 fully saturated rings. The van der Waals surface area contributed by atoms with Gasteiger partial charge in [-0.2, -0.15) is 0 Å². The molecule has 0 heterocycles. The molecule has 0 aliphatic heterocycles. The number of rotatable bonds is 6. The molecule has 0 saturated heterocycles. The van der Waals surface area contributed by atoms with Crippen LogP contribution < -0.4 is 5.73 Å². The lowest BCUT2D eigenvalue weighted by atomic mass is 10.1. The quantitative estimate of drug-likeness (QED) is 0.812. The standard InChI is InChI=1S/C13H21IN2/c1-11(2)9-16(8-7-15)10-12-3-5-13(14)6-4-12/h3-6,11H,7-10,15H2,1-2H3. The summed E-state index contributed by atoms with van der Waals surface area (Å²) in [5, 5.41) is 0. The fourth-order valence-electron chi connectivity index (χ4n) is 1.78. The highest BCUT2D eigenvalue weighted by Crippen LogP contribution is 2.10. The zero-order valence-corrected chi connectivity index (χ0v) is 12.3. The lowest BCUT2D eigenvalue weighted by Gasteiger charge is -2.23. The Balaban J connectivity index is 2.56. The van der Waals surface area contributed by atoms with Crippen LogP contribution in [0.1, 0.15) is 19.4 Å². The van der Waals surface area contributed by atoms with Gasteiger partial charge in [0.25, 0.3) is 0 Å². The minimum atomic E-state index is 0.690. The van der Waals surface area contributed by atoms with Gasteiger partial charge in [0.2, 0.25) is 0 Å². The van der Waals surface area contributed by atoms with Gasteiger partial charge in [-0.05, 0) is 46.2 Å². The van der Waals surface area contributed by atoms with Crippen molar-refractivity contribution in [3.8, 4) is 0 Å². The van der Waals surface area contributed by atoms with Crippen molar-refractivity contribution in [3.63, 3.8) is 0 Å². The molecular formula is C13H21IN2. The summed E-state index contributed by atoms with van der Waals surface area (Å²) in [6.07, 6.45) is 0. The van der Waals surface area contributed by atoms with Gasteiger partial charge in [-0.1, -0.05) is 26.0 Å². The number of hydrogen-bond donors (Lipinski definition) is 1. The van der Waals surface area contributed by atoms with Gasteiger partial charge in [-0.15, -0.1) is 0 Å². The summed E-state index contributed by atoms with van der Waals surface area (Å²) in [6.45, 7) is 8.33. The number of hydrogen-bond acceptors (Lipinski definition) is 2. The lowest BCUT2D eigenvalue weighted by molar-refractivity contribution is 0.242. The maximum absolute atomic E-state index is 5.64. The molecule has 1 aromatic carbocycles. The van der Waals surface area contributed by atoms with Crippen molar-refractivity contribution in [2.45, 2.75) is 20.4 Å². The largest absolute Gasteiger partial charge is 0.329 e. The van der Waals surface area contributed by atoms with E-state index in [0.29, 0.717) is 5.92 Å². The summed E-state index contributed by atoms with van der Waals surface area (Å²) in [7, 11) is 0. The van der Waals surface area contributed by atoms with Gasteiger partial charge in [0.15, 0.2) is 0 Å². The minimum Gasteiger partial charge on any atom is -0.329 e. The van der Waals surface area contributed by atoms with E-state index in [-0.39, 0.29) is 0 Å². The molecule has 0 aliphatic carbocycles. The number of nitrogens with two attached hydrogens (primary N) is 1. The van der Waals surface area contributed by atoms with Crippen molar-refractivity contribution in [1.82, 2.24) is 4.90 Å². The van der Waals surface area contributed by atoms with Gasteiger partial charge >= 0.3 is 0 Å². The van der Waals surface area contributed by atoms with Crippen LogP contribution in [-0.2, 0) is 6.54 Å². The smallest absolute Gasteiger partial charge is 0.0234 e. The molecule has 1 aromatic rings. The van der Waals surface area contributed by atoms with Gasteiger partial charge in [0.1, 0.15) is 0 Å². The van der Waals surface area contributed by atoms with Gasteiger partial charge in [-0.3, -0.25) is 4.90 Å². The van der Waals surface area contributed by atoms with Crippen LogP contribution in [0.4, 0.5) is 0 Å². The van der Waals surface area contributed by atoms with E-state index in [1.807, 2.05) is 0 Å². The Bertz CT molecular complexity index is 295. The Labute approximate surface area is 112 Å². The van der Waals surface area contributed by atoms with Crippen LogP contribution in [0.2, 0.25) is 0 Å². The zero-order chi connectivity index (χ0) is 12.0. The fraction of sp³-hybridized carbons (Fsp3) is 0.538. The maximum atomic E-state index is 5.64. The second-order valence-electron chi connectivity index (χ2n) is 4.54. The Kier molecular flexibility index (Phi) is 6.31. The van der Waals surface area contributed by atoms with Gasteiger partial charge in [0.05, 0.1) is 0 Å². The SMILES string of the molecule is CC(C)CN(CCN)Cc1ccc(I)cc1. The molecule has 16 heavy (non-hydrogen) atoms. The minimum absolute atomic E-state index is 0.690. The van der Waals surface area contributed by atoms with Crippen LogP contribution in [-0.4, -0.2) is 24.5 Å². The molecule has 0 aromatic heterocycles. The van der Waals surface area contributed by atoms with E-state index in [4.69, 9.17) is 5.73 Å². The Hall–Kier alpha value is -0.130. The predicted molar refractivity (Wildman–Crippen MR) is 78.3 cm³/mol. The van der Waals surface area contributed by atoms with E-state index in [2.05, 4.69) is 65.6 Å². The lowest BCUT2D eigenvalue weighted by Crippen LogP contribution is -2.32. The summed E-state index contributed by atoms with van der Waals surface area (Å²) in [4.78, 5) is 2.42. The molecule has 0 bridgehead atoms. The molecule has 0 radical (unpaired) electrons. The molecule has 3 heteroatoms. The van der Waals surface area contributed by atoms with Crippen LogP contribution in [0.25, 0.3) is 0 Å². The fourth-order valence-corrected chi connectivity index (χ4v) is 2.14.